The van der Waals surface area contributed by atoms with Crippen molar-refractivity contribution in [3.05, 3.63) is 108 Å². The van der Waals surface area contributed by atoms with Crippen molar-refractivity contribution in [2.45, 2.75) is 31.5 Å². The Kier molecular flexibility index (Phi) is 6.84. The number of rotatable bonds is 6. The molecule has 3 amide bonds. The molecule has 34 heavy (non-hydrogen) atoms. The van der Waals surface area contributed by atoms with Crippen LogP contribution < -0.4 is 0 Å². The largest absolute Gasteiger partial charge is 0.327 e. The van der Waals surface area contributed by atoms with Gasteiger partial charge in [0.15, 0.2) is 0 Å². The molecule has 1 saturated heterocycles. The molecule has 0 spiro atoms. The Labute approximate surface area is 199 Å². The average Bonchev–Trinajstić information content (AvgIpc) is 3.11. The number of imide groups is 1. The summed E-state index contributed by atoms with van der Waals surface area (Å²) in [5.41, 5.74) is 3.15. The molecule has 3 atom stereocenters. The van der Waals surface area contributed by atoms with Crippen LogP contribution in [-0.2, 0) is 4.79 Å². The third-order valence-corrected chi connectivity index (χ3v) is 6.18. The van der Waals surface area contributed by atoms with Crippen molar-refractivity contribution in [1.82, 2.24) is 9.80 Å². The fourth-order valence-electron chi connectivity index (χ4n) is 4.30. The summed E-state index contributed by atoms with van der Waals surface area (Å²) in [5, 5.41) is 9.55. The van der Waals surface area contributed by atoms with Gasteiger partial charge in [-0.15, -0.1) is 0 Å². The summed E-state index contributed by atoms with van der Waals surface area (Å²) in [5.74, 6) is -0.471. The van der Waals surface area contributed by atoms with Crippen LogP contribution in [0, 0.1) is 11.3 Å². The zero-order valence-electron chi connectivity index (χ0n) is 19.2. The minimum Gasteiger partial charge on any atom is -0.322 e. The van der Waals surface area contributed by atoms with Gasteiger partial charge < -0.3 is 4.90 Å². The van der Waals surface area contributed by atoms with Crippen LogP contribution in [0.5, 0.6) is 0 Å². The molecule has 170 valence electrons. The number of carbonyl (C=O) groups is 2. The summed E-state index contributed by atoms with van der Waals surface area (Å²) in [4.78, 5) is 34.7. The zero-order valence-corrected chi connectivity index (χ0v) is 19.2. The van der Waals surface area contributed by atoms with Gasteiger partial charge in [-0.1, -0.05) is 91.0 Å². The molecule has 0 aromatic heterocycles. The molecule has 0 bridgehead atoms. The normalized spacial score (nSPS) is 18.3. The first-order valence-electron chi connectivity index (χ1n) is 11.2. The number of urea groups is 1. The SMILES string of the molecule is C[C@H]1[C@@H](c2ccccc2)N(C(=O)[C@H](CC#N)N=C(c2ccccc2)c2ccccc2)C(=O)N1C. The number of nitrogens with zero attached hydrogens (tertiary/aromatic N) is 4. The van der Waals surface area contributed by atoms with Gasteiger partial charge in [-0.25, -0.2) is 4.79 Å². The van der Waals surface area contributed by atoms with Crippen LogP contribution in [0.2, 0.25) is 0 Å². The van der Waals surface area contributed by atoms with Crippen LogP contribution in [0.15, 0.2) is 96.0 Å². The van der Waals surface area contributed by atoms with E-state index < -0.39 is 18.0 Å². The Morgan fingerprint density at radius 3 is 1.94 bits per heavy atom. The van der Waals surface area contributed by atoms with Crippen LogP contribution in [0.25, 0.3) is 0 Å². The lowest BCUT2D eigenvalue weighted by Gasteiger charge is -2.26. The van der Waals surface area contributed by atoms with Gasteiger partial charge in [0.05, 0.1) is 30.3 Å². The second-order valence-corrected chi connectivity index (χ2v) is 8.29. The smallest absolute Gasteiger partial charge is 0.322 e. The molecule has 1 fully saturated rings. The maximum Gasteiger partial charge on any atom is 0.327 e. The van der Waals surface area contributed by atoms with Gasteiger partial charge in [-0.05, 0) is 12.5 Å². The molecule has 3 aromatic rings. The van der Waals surface area contributed by atoms with Crippen molar-refractivity contribution >= 4 is 17.6 Å². The van der Waals surface area contributed by atoms with E-state index in [1.54, 1.807) is 11.9 Å². The monoisotopic (exact) mass is 450 g/mol. The lowest BCUT2D eigenvalue weighted by atomic mass is 9.99. The maximum atomic E-state index is 13.8. The average molecular weight is 451 g/mol. The molecule has 1 aliphatic rings. The number of hydrogen-bond acceptors (Lipinski definition) is 4. The van der Waals surface area contributed by atoms with Crippen LogP contribution in [0.4, 0.5) is 4.79 Å². The topological polar surface area (TPSA) is 76.8 Å². The van der Waals surface area contributed by atoms with Crippen LogP contribution >= 0.6 is 0 Å². The lowest BCUT2D eigenvalue weighted by Crippen LogP contribution is -2.42. The number of nitriles is 1. The first kappa shape index (κ1) is 22.9. The van der Waals surface area contributed by atoms with E-state index in [2.05, 4.69) is 6.07 Å². The van der Waals surface area contributed by atoms with Crippen LogP contribution in [-0.4, -0.2) is 46.6 Å². The number of aliphatic imine (C=N–C) groups is 1. The van der Waals surface area contributed by atoms with Crippen molar-refractivity contribution < 1.29 is 9.59 Å². The number of amides is 3. The van der Waals surface area contributed by atoms with E-state index in [0.29, 0.717) is 5.71 Å². The predicted molar refractivity (Wildman–Crippen MR) is 131 cm³/mol. The van der Waals surface area contributed by atoms with E-state index in [4.69, 9.17) is 4.99 Å². The molecule has 1 heterocycles. The van der Waals surface area contributed by atoms with Crippen molar-refractivity contribution in [3.8, 4) is 6.07 Å². The van der Waals surface area contributed by atoms with Gasteiger partial charge in [0.1, 0.15) is 6.04 Å². The Hall–Kier alpha value is -4.24. The maximum absolute atomic E-state index is 13.8. The van der Waals surface area contributed by atoms with E-state index in [0.717, 1.165) is 16.7 Å². The second-order valence-electron chi connectivity index (χ2n) is 8.29. The van der Waals surface area contributed by atoms with Gasteiger partial charge in [-0.2, -0.15) is 5.26 Å². The predicted octanol–water partition coefficient (Wildman–Crippen LogP) is 4.83. The van der Waals surface area contributed by atoms with E-state index >= 15 is 0 Å². The number of carbonyl (C=O) groups excluding carboxylic acids is 2. The fraction of sp³-hybridized carbons (Fsp3) is 0.214. The van der Waals surface area contributed by atoms with Gasteiger partial charge in [0.2, 0.25) is 0 Å². The Morgan fingerprint density at radius 2 is 1.44 bits per heavy atom. The molecule has 0 aliphatic carbocycles. The van der Waals surface area contributed by atoms with Crippen LogP contribution in [0.3, 0.4) is 0 Å². The molecule has 0 unspecified atom stereocenters. The van der Waals surface area contributed by atoms with Gasteiger partial charge >= 0.3 is 6.03 Å². The molecule has 3 aromatic carbocycles. The summed E-state index contributed by atoms with van der Waals surface area (Å²) in [6, 6.07) is 28.6. The van der Waals surface area contributed by atoms with E-state index in [1.807, 2.05) is 97.9 Å². The Balaban J connectivity index is 1.79. The van der Waals surface area contributed by atoms with Gasteiger partial charge in [0.25, 0.3) is 5.91 Å². The zero-order chi connectivity index (χ0) is 24.1. The number of benzene rings is 3. The molecular weight excluding hydrogens is 424 g/mol. The molecule has 6 heteroatoms. The van der Waals surface area contributed by atoms with E-state index in [9.17, 15) is 14.9 Å². The minimum atomic E-state index is -1.02. The summed E-state index contributed by atoms with van der Waals surface area (Å²) in [6.07, 6.45) is -0.134. The molecule has 0 N–H and O–H groups in total. The quantitative estimate of drug-likeness (QED) is 0.505. The van der Waals surface area contributed by atoms with E-state index in [-0.39, 0.29) is 18.5 Å². The first-order valence-corrected chi connectivity index (χ1v) is 11.2. The molecule has 4 rings (SSSR count). The summed E-state index contributed by atoms with van der Waals surface area (Å²) >= 11 is 0. The highest BCUT2D eigenvalue weighted by atomic mass is 16.2. The third-order valence-electron chi connectivity index (χ3n) is 6.18. The second kappa shape index (κ2) is 10.1. The van der Waals surface area contributed by atoms with Crippen molar-refractivity contribution in [1.29, 1.82) is 5.26 Å². The molecule has 1 aliphatic heterocycles. The van der Waals surface area contributed by atoms with Gasteiger partial charge in [-0.3, -0.25) is 14.7 Å². The Bertz CT molecular complexity index is 1180. The number of hydrogen-bond donors (Lipinski definition) is 0. The summed E-state index contributed by atoms with van der Waals surface area (Å²) in [7, 11) is 1.69. The number of likely N-dealkylation sites (N-methyl/N-ethyl adjacent to an activating group) is 1. The summed E-state index contributed by atoms with van der Waals surface area (Å²) < 4.78 is 0. The highest BCUT2D eigenvalue weighted by Gasteiger charge is 2.47. The lowest BCUT2D eigenvalue weighted by molar-refractivity contribution is -0.130. The van der Waals surface area contributed by atoms with Crippen molar-refractivity contribution in [2.24, 2.45) is 4.99 Å². The van der Waals surface area contributed by atoms with Crippen molar-refractivity contribution in [3.63, 3.8) is 0 Å². The highest BCUT2D eigenvalue weighted by molar-refractivity contribution is 6.14. The fourth-order valence-corrected chi connectivity index (χ4v) is 4.30. The van der Waals surface area contributed by atoms with E-state index in [1.165, 1.54) is 4.90 Å². The molecular formula is C28H26N4O2. The molecule has 6 nitrogen and oxygen atoms in total. The van der Waals surface area contributed by atoms with Crippen LogP contribution in [0.1, 0.15) is 36.1 Å². The molecule has 0 saturated carbocycles. The van der Waals surface area contributed by atoms with Gasteiger partial charge in [0, 0.05) is 18.2 Å². The standard InChI is InChI=1S/C28H26N4O2/c1-20-26(23-16-10-5-11-17-23)32(28(34)31(20)2)27(33)24(18-19-29)30-25(21-12-6-3-7-13-21)22-14-8-4-9-15-22/h3-17,20,24,26H,18H2,1-2H3/t20-,24-,26-/m0/s1. The Morgan fingerprint density at radius 1 is 0.941 bits per heavy atom. The first-order chi connectivity index (χ1) is 16.5. The van der Waals surface area contributed by atoms with Crippen molar-refractivity contribution in [2.75, 3.05) is 7.05 Å². The third kappa shape index (κ3) is 4.46. The minimum absolute atomic E-state index is 0.134. The molecule has 0 radical (unpaired) electrons. The summed E-state index contributed by atoms with van der Waals surface area (Å²) in [6.45, 7) is 1.92. The highest BCUT2D eigenvalue weighted by Crippen LogP contribution is 2.35.